The maximum absolute atomic E-state index is 13.6. The van der Waals surface area contributed by atoms with Gasteiger partial charge < -0.3 is 20.9 Å². The van der Waals surface area contributed by atoms with Crippen LogP contribution in [0.25, 0.3) is 0 Å². The van der Waals surface area contributed by atoms with Gasteiger partial charge in [-0.3, -0.25) is 19.3 Å². The number of fused-ring (bicyclic) bond motifs is 5. The molecule has 38 heavy (non-hydrogen) atoms. The van der Waals surface area contributed by atoms with E-state index in [4.69, 9.17) is 0 Å². The Labute approximate surface area is 220 Å². The number of benzene rings is 1. The lowest BCUT2D eigenvalue weighted by Crippen LogP contribution is -2.57. The van der Waals surface area contributed by atoms with Crippen molar-refractivity contribution in [3.63, 3.8) is 0 Å². The van der Waals surface area contributed by atoms with Gasteiger partial charge in [-0.25, -0.2) is 9.67 Å². The van der Waals surface area contributed by atoms with Crippen LogP contribution in [0.1, 0.15) is 43.3 Å². The van der Waals surface area contributed by atoms with Crippen LogP contribution in [0.2, 0.25) is 0 Å². The average molecular weight is 520 g/mol. The monoisotopic (exact) mass is 519 g/mol. The molecule has 0 unspecified atom stereocenters. The number of nitrogens with zero attached hydrogens (tertiary/aromatic N) is 5. The fourth-order valence-electron chi connectivity index (χ4n) is 5.09. The average Bonchev–Trinajstić information content (AvgIpc) is 3.67. The first-order valence-corrected chi connectivity index (χ1v) is 12.9. The molecule has 5 rings (SSSR count). The normalized spacial score (nSPS) is 24.9. The molecule has 12 heteroatoms. The lowest BCUT2D eigenvalue weighted by Gasteiger charge is -2.28. The quantitative estimate of drug-likeness (QED) is 0.379. The van der Waals surface area contributed by atoms with Gasteiger partial charge in [0.15, 0.2) is 0 Å². The number of amides is 3. The summed E-state index contributed by atoms with van der Waals surface area (Å²) in [5.74, 6) is -1.14. The molecular formula is C26H33N9O3. The van der Waals surface area contributed by atoms with Crippen LogP contribution in [0, 0.1) is 5.92 Å². The summed E-state index contributed by atoms with van der Waals surface area (Å²) >= 11 is 0. The van der Waals surface area contributed by atoms with E-state index in [0.29, 0.717) is 31.6 Å². The molecule has 3 amide bonds. The second-order valence-corrected chi connectivity index (χ2v) is 10.3. The van der Waals surface area contributed by atoms with Crippen molar-refractivity contribution in [2.75, 3.05) is 6.54 Å². The van der Waals surface area contributed by atoms with Gasteiger partial charge in [0.25, 0.3) is 0 Å². The van der Waals surface area contributed by atoms with E-state index < -0.39 is 24.0 Å². The number of carbonyl (C=O) groups is 3. The fraction of sp³-hybridized carbons (Fsp3) is 0.462. The predicted molar refractivity (Wildman–Crippen MR) is 137 cm³/mol. The van der Waals surface area contributed by atoms with Crippen molar-refractivity contribution in [1.82, 2.24) is 45.8 Å². The number of aromatic amines is 1. The first-order chi connectivity index (χ1) is 18.4. The van der Waals surface area contributed by atoms with E-state index in [2.05, 4.69) is 41.1 Å². The van der Waals surface area contributed by atoms with Gasteiger partial charge in [0.1, 0.15) is 17.8 Å². The molecule has 4 heterocycles. The summed E-state index contributed by atoms with van der Waals surface area (Å²) in [4.78, 5) is 49.6. The molecule has 2 aliphatic rings. The minimum Gasteiger partial charge on any atom is -0.349 e. The van der Waals surface area contributed by atoms with Gasteiger partial charge in [-0.2, -0.15) is 0 Å². The zero-order chi connectivity index (χ0) is 26.6. The number of rotatable bonds is 5. The van der Waals surface area contributed by atoms with Gasteiger partial charge in [0.2, 0.25) is 17.7 Å². The molecule has 0 spiro atoms. The second-order valence-electron chi connectivity index (χ2n) is 10.3. The highest BCUT2D eigenvalue weighted by Gasteiger charge is 2.40. The number of hydrogen-bond donors (Lipinski definition) is 4. The lowest BCUT2D eigenvalue weighted by atomic mass is 10.00. The Hall–Kier alpha value is -4.06. The fourth-order valence-corrected chi connectivity index (χ4v) is 5.09. The smallest absolute Gasteiger partial charge is 0.243 e. The zero-order valence-corrected chi connectivity index (χ0v) is 21.5. The molecule has 3 aromatic rings. The number of carbonyl (C=O) groups excluding carboxylic acids is 3. The molecule has 4 N–H and O–H groups in total. The van der Waals surface area contributed by atoms with Gasteiger partial charge >= 0.3 is 0 Å². The molecule has 1 fully saturated rings. The largest absolute Gasteiger partial charge is 0.349 e. The minimum atomic E-state index is -0.823. The van der Waals surface area contributed by atoms with Crippen LogP contribution in [0.4, 0.5) is 0 Å². The van der Waals surface area contributed by atoms with Crippen LogP contribution < -0.4 is 16.0 Å². The first-order valence-electron chi connectivity index (χ1n) is 12.9. The van der Waals surface area contributed by atoms with Crippen molar-refractivity contribution >= 4 is 17.7 Å². The van der Waals surface area contributed by atoms with Crippen molar-refractivity contribution in [2.45, 2.75) is 63.9 Å². The highest BCUT2D eigenvalue weighted by atomic mass is 16.2. The van der Waals surface area contributed by atoms with Crippen LogP contribution in [0.5, 0.6) is 0 Å². The van der Waals surface area contributed by atoms with Crippen molar-refractivity contribution in [1.29, 1.82) is 0 Å². The Morgan fingerprint density at radius 3 is 2.61 bits per heavy atom. The number of H-pyrrole nitrogens is 1. The molecule has 12 nitrogen and oxygen atoms in total. The molecule has 200 valence electrons. The maximum Gasteiger partial charge on any atom is 0.243 e. The Balaban J connectivity index is 1.44. The summed E-state index contributed by atoms with van der Waals surface area (Å²) in [6.07, 6.45) is 5.98. The molecule has 4 atom stereocenters. The predicted octanol–water partition coefficient (Wildman–Crippen LogP) is 0.315. The van der Waals surface area contributed by atoms with Crippen molar-refractivity contribution in [2.24, 2.45) is 5.92 Å². The Bertz CT molecular complexity index is 1260. The SMILES string of the molecule is CC(C)[C@@H]1NC(=O)[C@@H]2C[C@@H](CN2Cc2cnc[nH]2)n2cc(nn2)CNC(=O)[C@@H](Cc2ccccc2)NC1=O. The maximum atomic E-state index is 13.6. The summed E-state index contributed by atoms with van der Waals surface area (Å²) in [6.45, 7) is 5.01. The molecule has 4 bridgehead atoms. The van der Waals surface area contributed by atoms with Crippen LogP contribution in [-0.4, -0.2) is 72.3 Å². The summed E-state index contributed by atoms with van der Waals surface area (Å²) in [5, 5.41) is 17.3. The second kappa shape index (κ2) is 11.1. The summed E-state index contributed by atoms with van der Waals surface area (Å²) in [6, 6.07) is 7.31. The Morgan fingerprint density at radius 1 is 1.05 bits per heavy atom. The van der Waals surface area contributed by atoms with Gasteiger partial charge in [0.05, 0.1) is 31.2 Å². The highest BCUT2D eigenvalue weighted by molar-refractivity contribution is 5.93. The van der Waals surface area contributed by atoms with Gasteiger partial charge in [0, 0.05) is 31.4 Å². The van der Waals surface area contributed by atoms with Crippen LogP contribution in [-0.2, 0) is 33.9 Å². The van der Waals surface area contributed by atoms with E-state index in [1.54, 1.807) is 23.4 Å². The van der Waals surface area contributed by atoms with E-state index in [0.717, 1.165) is 11.3 Å². The van der Waals surface area contributed by atoms with Gasteiger partial charge in [-0.15, -0.1) is 5.10 Å². The molecule has 2 aromatic heterocycles. The third kappa shape index (κ3) is 5.75. The topological polar surface area (TPSA) is 150 Å². The molecular weight excluding hydrogens is 486 g/mol. The zero-order valence-electron chi connectivity index (χ0n) is 21.5. The van der Waals surface area contributed by atoms with E-state index in [-0.39, 0.29) is 30.3 Å². The summed E-state index contributed by atoms with van der Waals surface area (Å²) in [7, 11) is 0. The third-order valence-corrected chi connectivity index (χ3v) is 7.15. The van der Waals surface area contributed by atoms with Crippen LogP contribution >= 0.6 is 0 Å². The van der Waals surface area contributed by atoms with E-state index >= 15 is 0 Å². The van der Waals surface area contributed by atoms with E-state index in [1.165, 1.54) is 0 Å². The number of likely N-dealkylation sites (tertiary alicyclic amines) is 1. The third-order valence-electron chi connectivity index (χ3n) is 7.15. The van der Waals surface area contributed by atoms with Crippen LogP contribution in [0.3, 0.4) is 0 Å². The highest BCUT2D eigenvalue weighted by Crippen LogP contribution is 2.29. The van der Waals surface area contributed by atoms with E-state index in [1.807, 2.05) is 44.2 Å². The Kier molecular flexibility index (Phi) is 7.50. The summed E-state index contributed by atoms with van der Waals surface area (Å²) < 4.78 is 1.76. The number of hydrogen-bond acceptors (Lipinski definition) is 7. The van der Waals surface area contributed by atoms with Gasteiger partial charge in [-0.05, 0) is 17.9 Å². The molecule has 1 aromatic carbocycles. The van der Waals surface area contributed by atoms with Crippen LogP contribution in [0.15, 0.2) is 49.1 Å². The summed E-state index contributed by atoms with van der Waals surface area (Å²) in [5.41, 5.74) is 2.40. The van der Waals surface area contributed by atoms with Crippen molar-refractivity contribution in [3.8, 4) is 0 Å². The van der Waals surface area contributed by atoms with Gasteiger partial charge in [-0.1, -0.05) is 49.4 Å². The van der Waals surface area contributed by atoms with Crippen molar-refractivity contribution in [3.05, 3.63) is 66.0 Å². The molecule has 0 saturated carbocycles. The first kappa shape index (κ1) is 25.6. The molecule has 0 radical (unpaired) electrons. The lowest BCUT2D eigenvalue weighted by molar-refractivity contribution is -0.134. The molecule has 0 aliphatic carbocycles. The number of nitrogens with one attached hydrogen (secondary N) is 4. The van der Waals surface area contributed by atoms with Crippen molar-refractivity contribution < 1.29 is 14.4 Å². The minimum absolute atomic E-state index is 0.0899. The standard InChI is InChI=1S/C26H33N9O3/c1-16(2)23-26(38)30-21(8-17-6-4-3-5-7-17)24(36)28-11-19-13-35(33-32-19)20-9-22(25(37)31-23)34(14-20)12-18-10-27-15-29-18/h3-7,10,13,15-16,20-23H,8-9,11-12,14H2,1-2H3,(H,27,29)(H,28,36)(H,30,38)(H,31,37)/t20-,21+,22-,23-/m0/s1. The number of imidazole rings is 1. The van der Waals surface area contributed by atoms with E-state index in [9.17, 15) is 14.4 Å². The molecule has 2 aliphatic heterocycles. The molecule has 1 saturated heterocycles. The Morgan fingerprint density at radius 2 is 1.87 bits per heavy atom. The number of aromatic nitrogens is 5.